The maximum absolute atomic E-state index is 9.01. The van der Waals surface area contributed by atoms with Gasteiger partial charge in [0.05, 0.1) is 0 Å². The van der Waals surface area contributed by atoms with Gasteiger partial charge in [0.25, 0.3) is 0 Å². The van der Waals surface area contributed by atoms with Gasteiger partial charge in [-0.15, -0.1) is 0 Å². The van der Waals surface area contributed by atoms with Gasteiger partial charge in [-0.05, 0) is 6.92 Å². The van der Waals surface area contributed by atoms with Gasteiger partial charge in [0, 0.05) is 19.4 Å². The summed E-state index contributed by atoms with van der Waals surface area (Å²) in [6.45, 7) is 1.70. The maximum atomic E-state index is 9.01. The molecule has 1 unspecified atom stereocenters. The van der Waals surface area contributed by atoms with Crippen molar-refractivity contribution in [1.82, 2.24) is 9.55 Å². The van der Waals surface area contributed by atoms with Crippen LogP contribution in [-0.4, -0.2) is 49.7 Å². The molecule has 0 fully saturated rings. The molecule has 1 heterocycles. The standard InChI is InChI=1S/C6H10N2O.2H2O4S/c1-5(9)6-7-3-4-8(6)2;2*1-5(2,3)4/h3-5,9H,1-2H3;2*(H2,1,2,3,4). The largest absolute Gasteiger partial charge is 0.394 e. The van der Waals surface area contributed by atoms with Crippen LogP contribution in [-0.2, 0) is 27.8 Å². The topological polar surface area (TPSA) is 187 Å². The van der Waals surface area contributed by atoms with Crippen LogP contribution in [0.1, 0.15) is 18.9 Å². The summed E-state index contributed by atoms with van der Waals surface area (Å²) in [5.41, 5.74) is 0. The lowest BCUT2D eigenvalue weighted by Crippen LogP contribution is -2.00. The van der Waals surface area contributed by atoms with E-state index in [4.69, 9.17) is 40.2 Å². The number of hydrogen-bond acceptors (Lipinski definition) is 6. The molecule has 1 rings (SSSR count). The number of rotatable bonds is 1. The maximum Gasteiger partial charge on any atom is 0.394 e. The van der Waals surface area contributed by atoms with E-state index in [0.717, 1.165) is 0 Å². The second kappa shape index (κ2) is 8.16. The van der Waals surface area contributed by atoms with Gasteiger partial charge in [0.15, 0.2) is 0 Å². The van der Waals surface area contributed by atoms with E-state index in [9.17, 15) is 0 Å². The zero-order valence-corrected chi connectivity index (χ0v) is 11.4. The van der Waals surface area contributed by atoms with Crippen LogP contribution in [0.3, 0.4) is 0 Å². The number of aromatic nitrogens is 2. The molecule has 0 saturated carbocycles. The molecule has 114 valence electrons. The number of aliphatic hydroxyl groups is 1. The molecule has 0 amide bonds. The highest BCUT2D eigenvalue weighted by molar-refractivity contribution is 7.80. The first-order chi connectivity index (χ1) is 8.22. The minimum Gasteiger partial charge on any atom is -0.385 e. The fourth-order valence-corrected chi connectivity index (χ4v) is 0.780. The van der Waals surface area contributed by atoms with Gasteiger partial charge < -0.3 is 9.67 Å². The fourth-order valence-electron chi connectivity index (χ4n) is 0.780. The number of aliphatic hydroxyl groups excluding tert-OH is 1. The van der Waals surface area contributed by atoms with Gasteiger partial charge in [-0.2, -0.15) is 16.8 Å². The van der Waals surface area contributed by atoms with E-state index in [1.165, 1.54) is 0 Å². The lowest BCUT2D eigenvalue weighted by atomic mass is 10.4. The summed E-state index contributed by atoms with van der Waals surface area (Å²) >= 11 is 0. The first-order valence-corrected chi connectivity index (χ1v) is 7.06. The van der Waals surface area contributed by atoms with E-state index >= 15 is 0 Å². The summed E-state index contributed by atoms with van der Waals surface area (Å²) < 4.78 is 65.0. The third-order valence-corrected chi connectivity index (χ3v) is 1.23. The minimum absolute atomic E-state index is 0.468. The van der Waals surface area contributed by atoms with Crippen LogP contribution in [0, 0.1) is 0 Å². The molecule has 0 aliphatic rings. The molecule has 1 atom stereocenters. The predicted molar refractivity (Wildman–Crippen MR) is 62.2 cm³/mol. The first kappa shape index (κ1) is 20.2. The quantitative estimate of drug-likeness (QED) is 0.408. The molecule has 0 aliphatic heterocycles. The normalized spacial score (nSPS) is 12.6. The van der Waals surface area contributed by atoms with Crippen molar-refractivity contribution in [3.63, 3.8) is 0 Å². The molecule has 1 aromatic heterocycles. The van der Waals surface area contributed by atoms with Crippen molar-refractivity contribution in [3.05, 3.63) is 18.2 Å². The molecule has 19 heavy (non-hydrogen) atoms. The van der Waals surface area contributed by atoms with Crippen LogP contribution in [0.2, 0.25) is 0 Å². The Balaban J connectivity index is 0. The van der Waals surface area contributed by atoms with E-state index in [0.29, 0.717) is 5.82 Å². The van der Waals surface area contributed by atoms with Crippen LogP contribution in [0.5, 0.6) is 0 Å². The molecule has 0 aliphatic carbocycles. The van der Waals surface area contributed by atoms with Crippen molar-refractivity contribution in [3.8, 4) is 0 Å². The van der Waals surface area contributed by atoms with E-state index < -0.39 is 26.9 Å². The van der Waals surface area contributed by atoms with Gasteiger partial charge in [-0.25, -0.2) is 4.98 Å². The van der Waals surface area contributed by atoms with Crippen LogP contribution >= 0.6 is 0 Å². The van der Waals surface area contributed by atoms with Crippen molar-refractivity contribution >= 4 is 20.8 Å². The molecule has 0 saturated heterocycles. The Labute approximate surface area is 109 Å². The summed E-state index contributed by atoms with van der Waals surface area (Å²) in [6.07, 6.45) is 3.01. The van der Waals surface area contributed by atoms with Crippen LogP contribution in [0.4, 0.5) is 0 Å². The molecular formula is C6H14N2O9S2. The highest BCUT2D eigenvalue weighted by atomic mass is 32.3. The van der Waals surface area contributed by atoms with Crippen molar-refractivity contribution in [2.75, 3.05) is 0 Å². The number of imidazole rings is 1. The van der Waals surface area contributed by atoms with E-state index in [2.05, 4.69) is 4.98 Å². The molecule has 0 radical (unpaired) electrons. The molecule has 5 N–H and O–H groups in total. The van der Waals surface area contributed by atoms with Gasteiger partial charge >= 0.3 is 20.8 Å². The Kier molecular flexibility index (Phi) is 8.68. The average molecular weight is 322 g/mol. The monoisotopic (exact) mass is 322 g/mol. The van der Waals surface area contributed by atoms with Crippen LogP contribution < -0.4 is 0 Å². The Hall–Kier alpha value is -1.09. The second-order valence-electron chi connectivity index (χ2n) is 2.97. The van der Waals surface area contributed by atoms with Crippen molar-refractivity contribution in [2.45, 2.75) is 13.0 Å². The lowest BCUT2D eigenvalue weighted by molar-refractivity contribution is 0.185. The summed E-state index contributed by atoms with van der Waals surface area (Å²) in [4.78, 5) is 3.93. The van der Waals surface area contributed by atoms with Crippen molar-refractivity contribution < 1.29 is 40.2 Å². The Morgan fingerprint density at radius 3 is 1.53 bits per heavy atom. The average Bonchev–Trinajstić information content (AvgIpc) is 2.44. The molecular weight excluding hydrogens is 308 g/mol. The van der Waals surface area contributed by atoms with Crippen LogP contribution in [0.25, 0.3) is 0 Å². The molecule has 13 heteroatoms. The number of aryl methyl sites for hydroxylation is 1. The molecule has 0 aromatic carbocycles. The number of nitrogens with zero attached hydrogens (tertiary/aromatic N) is 2. The van der Waals surface area contributed by atoms with Crippen molar-refractivity contribution in [1.29, 1.82) is 0 Å². The Morgan fingerprint density at radius 2 is 1.42 bits per heavy atom. The summed E-state index contributed by atoms with van der Waals surface area (Å²) in [5, 5.41) is 9.01. The SMILES string of the molecule is CC(O)c1nccn1C.O=S(=O)(O)O.O=S(=O)(O)O. The molecule has 1 aromatic rings. The van der Waals surface area contributed by atoms with E-state index in [-0.39, 0.29) is 0 Å². The van der Waals surface area contributed by atoms with Crippen molar-refractivity contribution in [2.24, 2.45) is 7.05 Å². The lowest BCUT2D eigenvalue weighted by Gasteiger charge is -2.01. The first-order valence-electron chi connectivity index (χ1n) is 4.27. The van der Waals surface area contributed by atoms with Crippen LogP contribution in [0.15, 0.2) is 12.4 Å². The summed E-state index contributed by atoms with van der Waals surface area (Å²) in [7, 11) is -7.48. The van der Waals surface area contributed by atoms with Gasteiger partial charge in [-0.1, -0.05) is 0 Å². The highest BCUT2D eigenvalue weighted by Gasteiger charge is 2.03. The Bertz CT molecular complexity index is 513. The third kappa shape index (κ3) is 22.6. The van der Waals surface area contributed by atoms with Gasteiger partial charge in [0.2, 0.25) is 0 Å². The molecule has 0 bridgehead atoms. The summed E-state index contributed by atoms with van der Waals surface area (Å²) in [6, 6.07) is 0. The Morgan fingerprint density at radius 1 is 1.11 bits per heavy atom. The molecule has 11 nitrogen and oxygen atoms in total. The smallest absolute Gasteiger partial charge is 0.385 e. The highest BCUT2D eigenvalue weighted by Crippen LogP contribution is 2.05. The summed E-state index contributed by atoms with van der Waals surface area (Å²) in [5.74, 6) is 0.704. The molecule has 0 spiro atoms. The minimum atomic E-state index is -4.67. The van der Waals surface area contributed by atoms with E-state index in [1.807, 2.05) is 13.2 Å². The van der Waals surface area contributed by atoms with E-state index in [1.54, 1.807) is 17.7 Å². The fraction of sp³-hybridized carbons (Fsp3) is 0.500. The zero-order chi connectivity index (χ0) is 15.9. The predicted octanol–water partition coefficient (Wildman–Crippen LogP) is -0.832. The van der Waals surface area contributed by atoms with Gasteiger partial charge in [0.1, 0.15) is 11.9 Å². The second-order valence-corrected chi connectivity index (χ2v) is 4.76. The third-order valence-electron chi connectivity index (χ3n) is 1.23. The number of hydrogen-bond donors (Lipinski definition) is 5. The zero-order valence-electron chi connectivity index (χ0n) is 9.81. The van der Waals surface area contributed by atoms with Gasteiger partial charge in [-0.3, -0.25) is 18.2 Å².